The van der Waals surface area contributed by atoms with Crippen LogP contribution in [0.2, 0.25) is 0 Å². The van der Waals surface area contributed by atoms with Crippen molar-refractivity contribution in [1.82, 2.24) is 4.72 Å². The van der Waals surface area contributed by atoms with Crippen molar-refractivity contribution in [2.75, 3.05) is 11.9 Å². The fourth-order valence-corrected chi connectivity index (χ4v) is 3.53. The molecular formula is C16H20N2O5S. The summed E-state index contributed by atoms with van der Waals surface area (Å²) in [4.78, 5) is 11.2. The number of amides is 1. The van der Waals surface area contributed by atoms with Crippen LogP contribution in [0, 0.1) is 6.92 Å². The highest BCUT2D eigenvalue weighted by molar-refractivity contribution is 7.89. The second-order valence-electron chi connectivity index (χ2n) is 5.38. The monoisotopic (exact) mass is 352 g/mol. The predicted molar refractivity (Wildman–Crippen MR) is 89.0 cm³/mol. The van der Waals surface area contributed by atoms with E-state index in [-0.39, 0.29) is 23.8 Å². The number of nitrogens with one attached hydrogen (secondary N) is 2. The van der Waals surface area contributed by atoms with Gasteiger partial charge in [0.15, 0.2) is 0 Å². The lowest BCUT2D eigenvalue weighted by atomic mass is 10.2. The summed E-state index contributed by atoms with van der Waals surface area (Å²) >= 11 is 0. The summed E-state index contributed by atoms with van der Waals surface area (Å²) in [5.41, 5.74) is 1.05. The molecule has 0 aliphatic carbocycles. The van der Waals surface area contributed by atoms with Gasteiger partial charge in [-0.2, -0.15) is 0 Å². The van der Waals surface area contributed by atoms with Gasteiger partial charge >= 0.3 is 0 Å². The third-order valence-corrected chi connectivity index (χ3v) is 4.99. The van der Waals surface area contributed by atoms with Crippen LogP contribution in [-0.2, 0) is 14.8 Å². The van der Waals surface area contributed by atoms with Crippen LogP contribution in [0.15, 0.2) is 45.9 Å². The molecule has 0 saturated heterocycles. The van der Waals surface area contributed by atoms with E-state index in [0.29, 0.717) is 17.0 Å². The normalized spacial score (nSPS) is 12.8. The highest BCUT2D eigenvalue weighted by Crippen LogP contribution is 2.20. The van der Waals surface area contributed by atoms with Crippen molar-refractivity contribution in [2.24, 2.45) is 0 Å². The van der Waals surface area contributed by atoms with Gasteiger partial charge in [-0.1, -0.05) is 0 Å². The Labute approximate surface area is 140 Å². The molecule has 0 fully saturated rings. The standard InChI is InChI=1S/C16H20N2O5S/c1-11-10-13(18-12(2)19)5-6-16(11)24(21,22)17-8-7-14(20)15-4-3-9-23-15/h3-6,9-10,14,17,20H,7-8H2,1-2H3,(H,18,19). The second-order valence-corrected chi connectivity index (χ2v) is 7.11. The fraction of sp³-hybridized carbons (Fsp3) is 0.312. The van der Waals surface area contributed by atoms with E-state index in [2.05, 4.69) is 10.0 Å². The lowest BCUT2D eigenvalue weighted by Crippen LogP contribution is -2.26. The van der Waals surface area contributed by atoms with Gasteiger partial charge in [0.1, 0.15) is 11.9 Å². The van der Waals surface area contributed by atoms with Crippen LogP contribution in [0.3, 0.4) is 0 Å². The highest BCUT2D eigenvalue weighted by Gasteiger charge is 2.18. The second kappa shape index (κ2) is 7.61. The number of benzene rings is 1. The summed E-state index contributed by atoms with van der Waals surface area (Å²) in [5, 5.41) is 12.5. The van der Waals surface area contributed by atoms with Crippen LogP contribution >= 0.6 is 0 Å². The Morgan fingerprint density at radius 2 is 2.08 bits per heavy atom. The molecule has 1 aromatic heterocycles. The first-order valence-electron chi connectivity index (χ1n) is 7.39. The number of aryl methyl sites for hydroxylation is 1. The molecule has 130 valence electrons. The Balaban J connectivity index is 2.01. The van der Waals surface area contributed by atoms with E-state index in [1.165, 1.54) is 25.3 Å². The molecule has 0 aliphatic heterocycles. The van der Waals surface area contributed by atoms with E-state index in [1.54, 1.807) is 25.1 Å². The van der Waals surface area contributed by atoms with Gasteiger partial charge in [0.25, 0.3) is 0 Å². The van der Waals surface area contributed by atoms with Crippen molar-refractivity contribution in [2.45, 2.75) is 31.3 Å². The molecule has 1 heterocycles. The van der Waals surface area contributed by atoms with Gasteiger partial charge in [0, 0.05) is 19.2 Å². The summed E-state index contributed by atoms with van der Waals surface area (Å²) < 4.78 is 32.2. The number of carbonyl (C=O) groups is 1. The van der Waals surface area contributed by atoms with Crippen LogP contribution in [0.4, 0.5) is 5.69 Å². The molecule has 1 aromatic carbocycles. The molecule has 0 spiro atoms. The third-order valence-electron chi connectivity index (χ3n) is 3.37. The number of sulfonamides is 1. The van der Waals surface area contributed by atoms with Gasteiger partial charge in [-0.3, -0.25) is 4.79 Å². The van der Waals surface area contributed by atoms with Gasteiger partial charge in [-0.05, 0) is 49.2 Å². The highest BCUT2D eigenvalue weighted by atomic mass is 32.2. The summed E-state index contributed by atoms with van der Waals surface area (Å²) in [7, 11) is -3.71. The van der Waals surface area contributed by atoms with Crippen molar-refractivity contribution in [1.29, 1.82) is 0 Å². The number of aliphatic hydroxyl groups excluding tert-OH is 1. The molecule has 0 aliphatic rings. The minimum atomic E-state index is -3.71. The van der Waals surface area contributed by atoms with Gasteiger partial charge < -0.3 is 14.8 Å². The van der Waals surface area contributed by atoms with E-state index in [9.17, 15) is 18.3 Å². The van der Waals surface area contributed by atoms with Crippen LogP contribution in [-0.4, -0.2) is 26.0 Å². The number of carbonyl (C=O) groups excluding carboxylic acids is 1. The minimum Gasteiger partial charge on any atom is -0.467 e. The Morgan fingerprint density at radius 3 is 2.67 bits per heavy atom. The molecule has 1 unspecified atom stereocenters. The molecule has 0 saturated carbocycles. The third kappa shape index (κ3) is 4.67. The molecule has 0 radical (unpaired) electrons. The van der Waals surface area contributed by atoms with Crippen LogP contribution in [0.5, 0.6) is 0 Å². The number of aliphatic hydroxyl groups is 1. The van der Waals surface area contributed by atoms with Gasteiger partial charge in [-0.25, -0.2) is 13.1 Å². The van der Waals surface area contributed by atoms with Crippen molar-refractivity contribution < 1.29 is 22.7 Å². The van der Waals surface area contributed by atoms with Crippen molar-refractivity contribution in [3.8, 4) is 0 Å². The Kier molecular flexibility index (Phi) is 5.76. The van der Waals surface area contributed by atoms with Crippen LogP contribution in [0.1, 0.15) is 30.8 Å². The van der Waals surface area contributed by atoms with E-state index < -0.39 is 16.1 Å². The molecule has 24 heavy (non-hydrogen) atoms. The Bertz CT molecular complexity index is 800. The fourth-order valence-electron chi connectivity index (χ4n) is 2.26. The molecule has 1 atom stereocenters. The maximum atomic E-state index is 12.4. The largest absolute Gasteiger partial charge is 0.467 e. The number of anilines is 1. The average molecular weight is 352 g/mol. The number of hydrogen-bond acceptors (Lipinski definition) is 5. The van der Waals surface area contributed by atoms with Crippen LogP contribution < -0.4 is 10.0 Å². The summed E-state index contributed by atoms with van der Waals surface area (Å²) in [6.07, 6.45) is 0.768. The Morgan fingerprint density at radius 1 is 1.33 bits per heavy atom. The first-order chi connectivity index (χ1) is 11.3. The molecule has 8 heteroatoms. The quantitative estimate of drug-likeness (QED) is 0.706. The lowest BCUT2D eigenvalue weighted by molar-refractivity contribution is -0.114. The zero-order valence-corrected chi connectivity index (χ0v) is 14.3. The van der Waals surface area contributed by atoms with Crippen LogP contribution in [0.25, 0.3) is 0 Å². The minimum absolute atomic E-state index is 0.0666. The van der Waals surface area contributed by atoms with Crippen molar-refractivity contribution in [3.63, 3.8) is 0 Å². The maximum absolute atomic E-state index is 12.4. The van der Waals surface area contributed by atoms with Gasteiger partial charge in [-0.15, -0.1) is 0 Å². The number of rotatable bonds is 7. The molecule has 2 rings (SSSR count). The van der Waals surface area contributed by atoms with Gasteiger partial charge in [0.2, 0.25) is 15.9 Å². The van der Waals surface area contributed by atoms with E-state index in [4.69, 9.17) is 4.42 Å². The van der Waals surface area contributed by atoms with Crippen molar-refractivity contribution in [3.05, 3.63) is 47.9 Å². The molecule has 0 bridgehead atoms. The Hall–Kier alpha value is -2.16. The SMILES string of the molecule is CC(=O)Nc1ccc(S(=O)(=O)NCCC(O)c2ccco2)c(C)c1. The number of furan rings is 1. The first-order valence-corrected chi connectivity index (χ1v) is 8.87. The molecule has 3 N–H and O–H groups in total. The smallest absolute Gasteiger partial charge is 0.240 e. The maximum Gasteiger partial charge on any atom is 0.240 e. The summed E-state index contributed by atoms with van der Waals surface area (Å²) in [6.45, 7) is 3.10. The lowest BCUT2D eigenvalue weighted by Gasteiger charge is -2.12. The topological polar surface area (TPSA) is 109 Å². The first kappa shape index (κ1) is 18.2. The molecular weight excluding hydrogens is 332 g/mol. The molecule has 1 amide bonds. The summed E-state index contributed by atoms with van der Waals surface area (Å²) in [6, 6.07) is 7.84. The average Bonchev–Trinajstić information content (AvgIpc) is 3.00. The predicted octanol–water partition coefficient (Wildman–Crippen LogP) is 1.95. The van der Waals surface area contributed by atoms with E-state index in [1.807, 2.05) is 0 Å². The van der Waals surface area contributed by atoms with E-state index >= 15 is 0 Å². The zero-order chi connectivity index (χ0) is 17.7. The summed E-state index contributed by atoms with van der Waals surface area (Å²) in [5.74, 6) is 0.167. The number of hydrogen-bond donors (Lipinski definition) is 3. The zero-order valence-electron chi connectivity index (χ0n) is 13.4. The molecule has 7 nitrogen and oxygen atoms in total. The van der Waals surface area contributed by atoms with Crippen molar-refractivity contribution >= 4 is 21.6 Å². The van der Waals surface area contributed by atoms with Gasteiger partial charge in [0.05, 0.1) is 11.2 Å². The molecule has 2 aromatic rings. The van der Waals surface area contributed by atoms with E-state index in [0.717, 1.165) is 0 Å².